The Morgan fingerprint density at radius 2 is 1.05 bits per heavy atom. The normalized spacial score (nSPS) is 12.4. The molecule has 0 heterocycles. The van der Waals surface area contributed by atoms with Crippen LogP contribution in [0.25, 0.3) is 0 Å². The summed E-state index contributed by atoms with van der Waals surface area (Å²) < 4.78 is 101. The lowest BCUT2D eigenvalue weighted by Crippen LogP contribution is -2.37. The Bertz CT molecular complexity index is 1100. The van der Waals surface area contributed by atoms with Crippen LogP contribution in [0, 0.1) is 10.1 Å². The highest BCUT2D eigenvalue weighted by Crippen LogP contribution is 2.22. The molecule has 17 heteroatoms. The third kappa shape index (κ3) is 14.3. The fourth-order valence-corrected chi connectivity index (χ4v) is 5.43. The van der Waals surface area contributed by atoms with E-state index in [9.17, 15) is 54.5 Å². The summed E-state index contributed by atoms with van der Waals surface area (Å²) in [5.74, 6) is -3.98. The van der Waals surface area contributed by atoms with Crippen LogP contribution < -0.4 is 10.6 Å². The minimum Gasteiger partial charge on any atom is -0.348 e. The van der Waals surface area contributed by atoms with Crippen LogP contribution in [0.5, 0.6) is 0 Å². The number of alkyl halides is 6. The zero-order valence-electron chi connectivity index (χ0n) is 22.9. The van der Waals surface area contributed by atoms with Crippen LogP contribution in [0.1, 0.15) is 70.6 Å². The van der Waals surface area contributed by atoms with Gasteiger partial charge >= 0.3 is 24.2 Å². The molecule has 1 rings (SSSR count). The van der Waals surface area contributed by atoms with Gasteiger partial charge < -0.3 is 10.6 Å². The zero-order chi connectivity index (χ0) is 31.8. The Hall–Kier alpha value is -2.95. The molecule has 0 saturated carbocycles. The third-order valence-electron chi connectivity index (χ3n) is 6.19. The number of carbonyl (C=O) groups is 2. The van der Waals surface area contributed by atoms with E-state index >= 15 is 0 Å². The minimum atomic E-state index is -4.93. The molecular weight excluding hydrogens is 598 g/mol. The molecule has 2 amide bonds. The number of nitro groups is 1. The summed E-state index contributed by atoms with van der Waals surface area (Å²) in [5, 5.41) is 14.5. The van der Waals surface area contributed by atoms with E-state index in [1.54, 1.807) is 10.6 Å². The van der Waals surface area contributed by atoms with E-state index in [-0.39, 0.29) is 36.8 Å². The highest BCUT2D eigenvalue weighted by Gasteiger charge is 2.38. The molecule has 10 nitrogen and oxygen atoms in total. The topological polar surface area (TPSA) is 139 Å². The number of non-ortho nitro benzene ring substituents is 1. The van der Waals surface area contributed by atoms with Crippen LogP contribution in [-0.4, -0.2) is 68.0 Å². The summed E-state index contributed by atoms with van der Waals surface area (Å²) in [5.41, 5.74) is -0.259. The van der Waals surface area contributed by atoms with Gasteiger partial charge in [-0.2, -0.15) is 30.6 Å². The Labute approximate surface area is 240 Å². The minimum absolute atomic E-state index is 0.0954. The second-order valence-electron chi connectivity index (χ2n) is 9.55. The van der Waals surface area contributed by atoms with Crippen molar-refractivity contribution in [3.63, 3.8) is 0 Å². The summed E-state index contributed by atoms with van der Waals surface area (Å²) in [7, 11) is -3.97. The number of nitrogens with one attached hydrogen (secondary N) is 2. The SMILES string of the molecule is O=C(NCCCCCCCCN(CCCCCCCNC(=O)C(F)(F)F)S(=O)(=O)c1ccc([N+](=O)[O-])cc1)C(F)(F)F. The van der Waals surface area contributed by atoms with Gasteiger partial charge in [-0.25, -0.2) is 8.42 Å². The van der Waals surface area contributed by atoms with Crippen molar-refractivity contribution in [3.05, 3.63) is 34.4 Å². The van der Waals surface area contributed by atoms with Gasteiger partial charge in [0.25, 0.3) is 5.69 Å². The molecule has 0 aromatic heterocycles. The maximum absolute atomic E-state index is 13.2. The van der Waals surface area contributed by atoms with Gasteiger partial charge in [0.05, 0.1) is 9.82 Å². The smallest absolute Gasteiger partial charge is 0.348 e. The van der Waals surface area contributed by atoms with Crippen LogP contribution in [0.2, 0.25) is 0 Å². The van der Waals surface area contributed by atoms with E-state index in [0.29, 0.717) is 70.6 Å². The standard InChI is InChI=1S/C25H36F6N4O6S/c26-24(27,28)22(36)32-16-8-4-1-2-6-10-18-34(42(40,41)21-14-12-20(13-15-21)35(38)39)19-11-7-3-5-9-17-33-23(37)25(29,30)31/h12-15H,1-11,16-19H2,(H,32,36)(H,33,37). The van der Waals surface area contributed by atoms with Crippen molar-refractivity contribution < 1.29 is 49.3 Å². The van der Waals surface area contributed by atoms with Gasteiger partial charge in [0, 0.05) is 38.3 Å². The fraction of sp³-hybridized carbons (Fsp3) is 0.680. The average Bonchev–Trinajstić information content (AvgIpc) is 2.90. The predicted octanol–water partition coefficient (Wildman–Crippen LogP) is 5.23. The molecule has 0 aliphatic heterocycles. The Morgan fingerprint density at radius 3 is 1.40 bits per heavy atom. The van der Waals surface area contributed by atoms with Crippen LogP contribution in [0.3, 0.4) is 0 Å². The zero-order valence-corrected chi connectivity index (χ0v) is 23.8. The lowest BCUT2D eigenvalue weighted by atomic mass is 10.1. The summed E-state index contributed by atoms with van der Waals surface area (Å²) in [4.78, 5) is 31.7. The van der Waals surface area contributed by atoms with Gasteiger partial charge in [0.1, 0.15) is 0 Å². The number of hydrogen-bond acceptors (Lipinski definition) is 6. The van der Waals surface area contributed by atoms with Crippen molar-refractivity contribution in [2.24, 2.45) is 0 Å². The first kappa shape index (κ1) is 37.1. The molecule has 1 aromatic rings. The molecule has 0 unspecified atom stereocenters. The third-order valence-corrected chi connectivity index (χ3v) is 8.10. The maximum atomic E-state index is 13.2. The number of unbranched alkanes of at least 4 members (excludes halogenated alkanes) is 9. The molecule has 0 atom stereocenters. The lowest BCUT2D eigenvalue weighted by molar-refractivity contribution is -0.384. The Balaban J connectivity index is 2.52. The number of hydrogen-bond donors (Lipinski definition) is 2. The molecule has 42 heavy (non-hydrogen) atoms. The molecule has 2 N–H and O–H groups in total. The van der Waals surface area contributed by atoms with E-state index < -0.39 is 39.1 Å². The maximum Gasteiger partial charge on any atom is 0.471 e. The van der Waals surface area contributed by atoms with Crippen molar-refractivity contribution in [1.82, 2.24) is 14.9 Å². The molecule has 0 spiro atoms. The van der Waals surface area contributed by atoms with Gasteiger partial charge in [-0.1, -0.05) is 44.9 Å². The van der Waals surface area contributed by atoms with Gasteiger partial charge in [-0.05, 0) is 37.8 Å². The number of benzene rings is 1. The highest BCUT2D eigenvalue weighted by molar-refractivity contribution is 7.89. The van der Waals surface area contributed by atoms with E-state index in [4.69, 9.17) is 0 Å². The molecule has 0 saturated heterocycles. The van der Waals surface area contributed by atoms with Crippen LogP contribution in [0.15, 0.2) is 29.2 Å². The highest BCUT2D eigenvalue weighted by atomic mass is 32.2. The molecule has 0 aliphatic carbocycles. The fourth-order valence-electron chi connectivity index (χ4n) is 3.91. The van der Waals surface area contributed by atoms with Crippen LogP contribution in [-0.2, 0) is 19.6 Å². The van der Waals surface area contributed by atoms with Gasteiger partial charge in [0.15, 0.2) is 0 Å². The van der Waals surface area contributed by atoms with Gasteiger partial charge in [-0.15, -0.1) is 0 Å². The van der Waals surface area contributed by atoms with E-state index in [0.717, 1.165) is 24.3 Å². The van der Waals surface area contributed by atoms with Gasteiger partial charge in [0.2, 0.25) is 10.0 Å². The molecule has 1 aromatic carbocycles. The van der Waals surface area contributed by atoms with E-state index in [1.807, 2.05) is 0 Å². The predicted molar refractivity (Wildman–Crippen MR) is 141 cm³/mol. The van der Waals surface area contributed by atoms with Crippen LogP contribution in [0.4, 0.5) is 32.0 Å². The second-order valence-corrected chi connectivity index (χ2v) is 11.5. The Morgan fingerprint density at radius 1 is 0.690 bits per heavy atom. The molecule has 0 fully saturated rings. The monoisotopic (exact) mass is 634 g/mol. The average molecular weight is 635 g/mol. The van der Waals surface area contributed by atoms with Crippen molar-refractivity contribution in [1.29, 1.82) is 0 Å². The van der Waals surface area contributed by atoms with E-state index in [2.05, 4.69) is 0 Å². The van der Waals surface area contributed by atoms with E-state index in [1.165, 1.54) is 4.31 Å². The molecule has 0 radical (unpaired) electrons. The molecule has 0 aliphatic rings. The largest absolute Gasteiger partial charge is 0.471 e. The first-order valence-corrected chi connectivity index (χ1v) is 15.0. The summed E-state index contributed by atoms with van der Waals surface area (Å²) >= 11 is 0. The summed E-state index contributed by atoms with van der Waals surface area (Å²) in [6.45, 7) is 0.108. The number of nitro benzene ring substituents is 1. The molecular formula is C25H36F6N4O6S. The number of carbonyl (C=O) groups excluding carboxylic acids is 2. The number of nitrogens with zero attached hydrogens (tertiary/aromatic N) is 2. The first-order valence-electron chi connectivity index (χ1n) is 13.5. The quantitative estimate of drug-likeness (QED) is 0.0872. The van der Waals surface area contributed by atoms with Crippen molar-refractivity contribution in [2.45, 2.75) is 87.9 Å². The number of rotatable bonds is 20. The molecule has 240 valence electrons. The Kier molecular flexibility index (Phi) is 15.8. The van der Waals surface area contributed by atoms with Crippen LogP contribution >= 0.6 is 0 Å². The van der Waals surface area contributed by atoms with Crippen molar-refractivity contribution >= 4 is 27.5 Å². The van der Waals surface area contributed by atoms with Gasteiger partial charge in [-0.3, -0.25) is 19.7 Å². The van der Waals surface area contributed by atoms with Crippen molar-refractivity contribution in [3.8, 4) is 0 Å². The number of amides is 2. The summed E-state index contributed by atoms with van der Waals surface area (Å²) in [6, 6.07) is 4.51. The number of halogens is 6. The van der Waals surface area contributed by atoms with Crippen molar-refractivity contribution in [2.75, 3.05) is 26.2 Å². The summed E-state index contributed by atoms with van der Waals surface area (Å²) in [6.07, 6.45) is -3.85. The number of sulfonamides is 1. The molecule has 0 bridgehead atoms. The lowest BCUT2D eigenvalue weighted by Gasteiger charge is -2.22. The first-order chi connectivity index (χ1) is 19.6. The second kappa shape index (κ2) is 17.9.